The average molecular weight is 853 g/mol. The van der Waals surface area contributed by atoms with Gasteiger partial charge in [-0.15, -0.1) is 11.3 Å². The lowest BCUT2D eigenvalue weighted by Gasteiger charge is -2.34. The normalized spacial score (nSPS) is 32.7. The number of nitrogens with zero attached hydrogens (tertiary/aromatic N) is 3. The number of rotatable bonds is 11. The van der Waals surface area contributed by atoms with Crippen LogP contribution >= 0.6 is 11.3 Å². The van der Waals surface area contributed by atoms with Crippen molar-refractivity contribution in [3.05, 3.63) is 35.9 Å². The highest BCUT2D eigenvalue weighted by atomic mass is 32.2. The summed E-state index contributed by atoms with van der Waals surface area (Å²) in [5, 5.41) is 7.77. The third-order valence-corrected chi connectivity index (χ3v) is 15.4. The van der Waals surface area contributed by atoms with Crippen LogP contribution < -0.4 is 24.8 Å². The maximum Gasteiger partial charge on any atom is 0.408 e. The second kappa shape index (κ2) is 16.7. The van der Waals surface area contributed by atoms with E-state index < -0.39 is 68.7 Å². The van der Waals surface area contributed by atoms with Gasteiger partial charge >= 0.3 is 6.09 Å². The molecule has 0 bridgehead atoms. The molecule has 6 aliphatic rings. The molecule has 59 heavy (non-hydrogen) atoms. The first kappa shape index (κ1) is 41.5. The molecule has 5 fully saturated rings. The van der Waals surface area contributed by atoms with Crippen molar-refractivity contribution in [3.8, 4) is 22.3 Å². The van der Waals surface area contributed by atoms with Gasteiger partial charge in [-0.25, -0.2) is 23.2 Å². The summed E-state index contributed by atoms with van der Waals surface area (Å²) in [6, 6.07) is 1.29. The number of thiazole rings is 1. The fourth-order valence-electron chi connectivity index (χ4n) is 9.29. The minimum absolute atomic E-state index is 0.00398. The van der Waals surface area contributed by atoms with Crippen molar-refractivity contribution in [1.29, 1.82) is 0 Å². The van der Waals surface area contributed by atoms with Crippen LogP contribution in [0.1, 0.15) is 98.3 Å². The Balaban J connectivity index is 1.11. The van der Waals surface area contributed by atoms with E-state index in [1.807, 2.05) is 38.3 Å². The third kappa shape index (κ3) is 9.40. The van der Waals surface area contributed by atoms with E-state index in [2.05, 4.69) is 32.2 Å². The van der Waals surface area contributed by atoms with Gasteiger partial charge in [0, 0.05) is 36.0 Å². The second-order valence-corrected chi connectivity index (χ2v) is 20.7. The van der Waals surface area contributed by atoms with E-state index in [9.17, 15) is 22.8 Å². The number of carbonyl (C=O) groups excluding carboxylic acids is 4. The molecule has 4 heterocycles. The summed E-state index contributed by atoms with van der Waals surface area (Å²) < 4.78 is 46.6. The lowest BCUT2D eigenvalue weighted by molar-refractivity contribution is -0.142. The number of allylic oxidation sites excluding steroid dienone is 1. The summed E-state index contributed by atoms with van der Waals surface area (Å²) in [5.41, 5.74) is -0.972. The van der Waals surface area contributed by atoms with E-state index in [0.29, 0.717) is 66.3 Å². The first-order valence-electron chi connectivity index (χ1n) is 21.3. The number of carbonyl (C=O) groups is 4. The van der Waals surface area contributed by atoms with Crippen molar-refractivity contribution in [2.24, 2.45) is 29.6 Å². The van der Waals surface area contributed by atoms with Crippen molar-refractivity contribution < 1.29 is 41.8 Å². The number of aromatic nitrogens is 2. The topological polar surface area (TPSA) is 195 Å². The van der Waals surface area contributed by atoms with Crippen LogP contribution in [0.2, 0.25) is 0 Å². The number of pyridine rings is 1. The van der Waals surface area contributed by atoms with Gasteiger partial charge in [0.15, 0.2) is 0 Å². The fourth-order valence-corrected chi connectivity index (χ4v) is 11.2. The monoisotopic (exact) mass is 852 g/mol. The quantitative estimate of drug-likeness (QED) is 0.254. The van der Waals surface area contributed by atoms with Crippen molar-refractivity contribution in [2.75, 3.05) is 6.54 Å². The maximum absolute atomic E-state index is 15.1. The van der Waals surface area contributed by atoms with E-state index in [1.165, 1.54) is 22.7 Å². The Morgan fingerprint density at radius 3 is 2.54 bits per heavy atom. The number of fused-ring (bicyclic) bond motifs is 3. The molecule has 0 aromatic carbocycles. The molecule has 0 unspecified atom stereocenters. The summed E-state index contributed by atoms with van der Waals surface area (Å²) in [4.78, 5) is 67.7. The van der Waals surface area contributed by atoms with Gasteiger partial charge in [-0.05, 0) is 95.3 Å². The van der Waals surface area contributed by atoms with Gasteiger partial charge in [0.05, 0.1) is 17.9 Å². The molecular weight excluding hydrogens is 797 g/mol. The summed E-state index contributed by atoms with van der Waals surface area (Å²) >= 11 is 1.41. The Morgan fingerprint density at radius 2 is 1.85 bits per heavy atom. The molecule has 3 N–H and O–H groups in total. The van der Waals surface area contributed by atoms with E-state index in [1.54, 1.807) is 18.3 Å². The molecule has 4 aliphatic carbocycles. The van der Waals surface area contributed by atoms with Crippen LogP contribution in [0.3, 0.4) is 0 Å². The Hall–Kier alpha value is -4.25. The Labute approximate surface area is 349 Å². The molecule has 0 radical (unpaired) electrons. The molecule has 9 atom stereocenters. The van der Waals surface area contributed by atoms with Gasteiger partial charge in [-0.3, -0.25) is 19.1 Å². The number of sulfonamides is 1. The zero-order valence-electron chi connectivity index (χ0n) is 34.1. The molecular formula is C42H56N6O9S2. The minimum Gasteiger partial charge on any atom is -0.488 e. The largest absolute Gasteiger partial charge is 0.488 e. The van der Waals surface area contributed by atoms with Crippen molar-refractivity contribution in [1.82, 2.24) is 30.2 Å². The smallest absolute Gasteiger partial charge is 0.408 e. The molecule has 0 spiro atoms. The van der Waals surface area contributed by atoms with Crippen LogP contribution in [0.4, 0.5) is 4.79 Å². The molecule has 2 aliphatic heterocycles. The van der Waals surface area contributed by atoms with Gasteiger partial charge in [0.2, 0.25) is 27.7 Å². The summed E-state index contributed by atoms with van der Waals surface area (Å²) in [6.07, 6.45) is 10.6. The van der Waals surface area contributed by atoms with Crippen LogP contribution in [0.25, 0.3) is 10.7 Å². The number of hydrogen-bond acceptors (Lipinski definition) is 12. The number of ether oxygens (including phenoxy) is 3. The Bertz CT molecular complexity index is 2050. The zero-order valence-corrected chi connectivity index (χ0v) is 35.8. The van der Waals surface area contributed by atoms with Crippen molar-refractivity contribution in [2.45, 2.75) is 140 Å². The molecule has 2 aromatic heterocycles. The van der Waals surface area contributed by atoms with Gasteiger partial charge in [0.25, 0.3) is 5.91 Å². The second-order valence-electron chi connectivity index (χ2n) is 17.9. The summed E-state index contributed by atoms with van der Waals surface area (Å²) in [5.74, 6) is -0.433. The lowest BCUT2D eigenvalue weighted by atomic mass is 9.85. The molecule has 17 heteroatoms. The van der Waals surface area contributed by atoms with Gasteiger partial charge in [-0.1, -0.05) is 32.4 Å². The SMILES string of the molecule is CC[C@@H]1C[C@H](C)CC/C=C\[C@@H]2C[C@@]2(C(=O)NS(=O)(=O)C2CC2)NC(=O)[C@@H]2C[C@@H](Oc3cc(OC(C)C)nc(-c4nccs4)c3)CN2C(=O)[C@H]1NC(=O)OC1C[C@H]2C[C@@H]2C1. The predicted octanol–water partition coefficient (Wildman–Crippen LogP) is 5.12. The molecule has 1 saturated heterocycles. The molecule has 320 valence electrons. The molecule has 2 aromatic rings. The molecule has 4 amide bonds. The van der Waals surface area contributed by atoms with Crippen molar-refractivity contribution >= 4 is 45.2 Å². The highest BCUT2D eigenvalue weighted by molar-refractivity contribution is 7.91. The molecule has 8 rings (SSSR count). The molecule has 4 saturated carbocycles. The number of nitrogens with one attached hydrogen (secondary N) is 3. The van der Waals surface area contributed by atoms with Crippen LogP contribution in [-0.2, 0) is 29.1 Å². The first-order chi connectivity index (χ1) is 28.2. The highest BCUT2D eigenvalue weighted by Gasteiger charge is 2.62. The van der Waals surface area contributed by atoms with Gasteiger partial charge < -0.3 is 29.7 Å². The average Bonchev–Trinajstić information content (AvgIpc) is 4.13. The van der Waals surface area contributed by atoms with Crippen molar-refractivity contribution in [3.63, 3.8) is 0 Å². The van der Waals surface area contributed by atoms with E-state index in [4.69, 9.17) is 14.2 Å². The summed E-state index contributed by atoms with van der Waals surface area (Å²) in [6.45, 7) is 7.89. The highest BCUT2D eigenvalue weighted by Crippen LogP contribution is 2.52. The predicted molar refractivity (Wildman–Crippen MR) is 219 cm³/mol. The summed E-state index contributed by atoms with van der Waals surface area (Å²) in [7, 11) is -3.91. The minimum atomic E-state index is -3.91. The first-order valence-corrected chi connectivity index (χ1v) is 23.7. The van der Waals surface area contributed by atoms with Crippen LogP contribution in [-0.4, -0.2) is 94.8 Å². The van der Waals surface area contributed by atoms with Crippen LogP contribution in [0, 0.1) is 29.6 Å². The molecule has 15 nitrogen and oxygen atoms in total. The lowest BCUT2D eigenvalue weighted by Crippen LogP contribution is -2.59. The fraction of sp³-hybridized carbons (Fsp3) is 0.667. The maximum atomic E-state index is 15.1. The van der Waals surface area contributed by atoms with E-state index in [0.717, 1.165) is 19.3 Å². The number of alkyl carbamates (subject to hydrolysis) is 1. The van der Waals surface area contributed by atoms with E-state index in [-0.39, 0.29) is 43.4 Å². The van der Waals surface area contributed by atoms with Crippen LogP contribution in [0.15, 0.2) is 35.9 Å². The number of hydrogen-bond donors (Lipinski definition) is 3. The third-order valence-electron chi connectivity index (χ3n) is 12.8. The van der Waals surface area contributed by atoms with Crippen LogP contribution in [0.5, 0.6) is 11.6 Å². The zero-order chi connectivity index (χ0) is 41.6. The standard InChI is InChI=1S/C42H56N6O9S2/c1-5-25-14-24(4)8-6-7-9-28-21-42(28,40(51)47-59(53,54)32-10-11-32)46-37(49)34-19-31(56-30-18-33(38-43-12-13-58-38)44-35(20-30)55-23(2)3)22-48(34)39(50)36(25)45-41(52)57-29-16-26-15-27(26)17-29/h7,9,12-13,18,20,23-29,31-32,34,36H,5-6,8,10-11,14-17,19,21-22H2,1-4H3,(H,45,52)(H,46,49)(H,47,51)/b9-7-/t24-,25-,26-,27-,28-,31-,34+,36+,42-/m1/s1. The Morgan fingerprint density at radius 1 is 1.07 bits per heavy atom. The van der Waals surface area contributed by atoms with Gasteiger partial charge in [0.1, 0.15) is 46.3 Å². The van der Waals surface area contributed by atoms with Gasteiger partial charge in [-0.2, -0.15) is 0 Å². The van der Waals surface area contributed by atoms with E-state index >= 15 is 4.79 Å². The number of amides is 4. The Kier molecular flexibility index (Phi) is 11.7.